The van der Waals surface area contributed by atoms with Gasteiger partial charge in [-0.2, -0.15) is 4.31 Å². The number of carbonyl (C=O) groups excluding carboxylic acids is 2. The Hall–Kier alpha value is -3.30. The Morgan fingerprint density at radius 3 is 2.42 bits per heavy atom. The number of nitrogens with zero attached hydrogens (tertiary/aromatic N) is 2. The third-order valence-corrected chi connectivity index (χ3v) is 8.16. The minimum Gasteiger partial charge on any atom is -0.340 e. The van der Waals surface area contributed by atoms with Gasteiger partial charge in [-0.25, -0.2) is 12.8 Å². The van der Waals surface area contributed by atoms with E-state index in [0.29, 0.717) is 11.3 Å². The minimum atomic E-state index is -3.70. The second-order valence-electron chi connectivity index (χ2n) is 8.27. The summed E-state index contributed by atoms with van der Waals surface area (Å²) in [6, 6.07) is 16.6. The van der Waals surface area contributed by atoms with Crippen LogP contribution in [-0.2, 0) is 19.6 Å². The quantitative estimate of drug-likeness (QED) is 0.642. The van der Waals surface area contributed by atoms with Crippen molar-refractivity contribution in [2.45, 2.75) is 17.2 Å². The lowest BCUT2D eigenvalue weighted by Gasteiger charge is -2.36. The Kier molecular flexibility index (Phi) is 5.38. The molecule has 1 saturated heterocycles. The van der Waals surface area contributed by atoms with Crippen molar-refractivity contribution in [1.82, 2.24) is 9.21 Å². The van der Waals surface area contributed by atoms with Crippen molar-refractivity contribution in [3.05, 3.63) is 72.0 Å². The van der Waals surface area contributed by atoms with Crippen molar-refractivity contribution in [3.63, 3.8) is 0 Å². The first-order chi connectivity index (χ1) is 15.8. The molecule has 2 amide bonds. The first kappa shape index (κ1) is 21.5. The zero-order valence-corrected chi connectivity index (χ0v) is 18.5. The zero-order valence-electron chi connectivity index (χ0n) is 17.7. The maximum absolute atomic E-state index is 13.6. The van der Waals surface area contributed by atoms with E-state index in [2.05, 4.69) is 5.32 Å². The van der Waals surface area contributed by atoms with Gasteiger partial charge in [-0.15, -0.1) is 0 Å². The fourth-order valence-electron chi connectivity index (χ4n) is 4.50. The molecule has 0 spiro atoms. The Labute approximate surface area is 190 Å². The molecule has 0 bridgehead atoms. The van der Waals surface area contributed by atoms with E-state index < -0.39 is 21.8 Å². The second kappa shape index (κ2) is 8.24. The number of hydrogen-bond acceptors (Lipinski definition) is 4. The van der Waals surface area contributed by atoms with E-state index in [1.54, 1.807) is 23.1 Å². The van der Waals surface area contributed by atoms with E-state index in [0.717, 1.165) is 10.8 Å². The summed E-state index contributed by atoms with van der Waals surface area (Å²) in [4.78, 5) is 27.1. The molecule has 170 valence electrons. The Bertz CT molecular complexity index is 1370. The molecule has 2 aliphatic rings. The largest absolute Gasteiger partial charge is 0.340 e. The lowest BCUT2D eigenvalue weighted by molar-refractivity contribution is -0.136. The predicted octanol–water partition coefficient (Wildman–Crippen LogP) is 2.94. The van der Waals surface area contributed by atoms with Crippen LogP contribution >= 0.6 is 0 Å². The number of piperazine rings is 1. The molecule has 0 aromatic heterocycles. The summed E-state index contributed by atoms with van der Waals surface area (Å²) in [6.45, 7) is 0.771. The maximum atomic E-state index is 13.6. The minimum absolute atomic E-state index is 0.0208. The van der Waals surface area contributed by atoms with Crippen LogP contribution in [0.25, 0.3) is 10.8 Å². The normalized spacial score (nSPS) is 19.2. The number of sulfonamides is 1. The third kappa shape index (κ3) is 3.98. The van der Waals surface area contributed by atoms with E-state index in [9.17, 15) is 22.4 Å². The molecule has 3 aromatic rings. The molecule has 2 aliphatic heterocycles. The third-order valence-electron chi connectivity index (χ3n) is 6.26. The summed E-state index contributed by atoms with van der Waals surface area (Å²) < 4.78 is 41.3. The van der Waals surface area contributed by atoms with Gasteiger partial charge in [-0.3, -0.25) is 9.59 Å². The number of halogens is 1. The standard InChI is InChI=1S/C24H22FN3O4S/c25-18-6-8-20-21(15-23(29)26-22(20)14-18)24(30)27-9-11-28(12-10-27)33(31,32)19-7-5-16-3-1-2-4-17(16)13-19/h1-8,13-14,21H,9-12,15H2,(H,26,29). The summed E-state index contributed by atoms with van der Waals surface area (Å²) in [7, 11) is -3.70. The maximum Gasteiger partial charge on any atom is 0.243 e. The van der Waals surface area contributed by atoms with E-state index in [-0.39, 0.29) is 49.3 Å². The van der Waals surface area contributed by atoms with Crippen LogP contribution in [0.1, 0.15) is 17.9 Å². The molecule has 2 heterocycles. The van der Waals surface area contributed by atoms with Crippen molar-refractivity contribution in [1.29, 1.82) is 0 Å². The highest BCUT2D eigenvalue weighted by Crippen LogP contribution is 2.34. The molecule has 1 unspecified atom stereocenters. The van der Waals surface area contributed by atoms with Gasteiger partial charge in [0, 0.05) is 38.3 Å². The number of nitrogens with one attached hydrogen (secondary N) is 1. The van der Waals surface area contributed by atoms with Crippen molar-refractivity contribution in [3.8, 4) is 0 Å². The van der Waals surface area contributed by atoms with Crippen molar-refractivity contribution in [2.75, 3.05) is 31.5 Å². The predicted molar refractivity (Wildman–Crippen MR) is 122 cm³/mol. The van der Waals surface area contributed by atoms with Gasteiger partial charge in [-0.1, -0.05) is 36.4 Å². The van der Waals surface area contributed by atoms with Crippen LogP contribution in [0.3, 0.4) is 0 Å². The zero-order chi connectivity index (χ0) is 23.2. The summed E-state index contributed by atoms with van der Waals surface area (Å²) >= 11 is 0. The molecule has 0 aliphatic carbocycles. The van der Waals surface area contributed by atoms with Crippen molar-refractivity contribution in [2.24, 2.45) is 0 Å². The van der Waals surface area contributed by atoms with Gasteiger partial charge in [-0.05, 0) is 40.6 Å². The van der Waals surface area contributed by atoms with Gasteiger partial charge >= 0.3 is 0 Å². The SMILES string of the molecule is O=C1CC(C(=O)N2CCN(S(=O)(=O)c3ccc4ccccc4c3)CC2)c2ccc(F)cc2N1. The monoisotopic (exact) mass is 467 g/mol. The number of rotatable bonds is 3. The molecular formula is C24H22FN3O4S. The highest BCUT2D eigenvalue weighted by atomic mass is 32.2. The fourth-order valence-corrected chi connectivity index (χ4v) is 5.96. The van der Waals surface area contributed by atoms with Crippen LogP contribution < -0.4 is 5.32 Å². The summed E-state index contributed by atoms with van der Waals surface area (Å²) in [5.74, 6) is -1.79. The molecule has 1 fully saturated rings. The van der Waals surface area contributed by atoms with Gasteiger partial charge < -0.3 is 10.2 Å². The van der Waals surface area contributed by atoms with Gasteiger partial charge in [0.2, 0.25) is 21.8 Å². The van der Waals surface area contributed by atoms with Crippen LogP contribution in [-0.4, -0.2) is 55.6 Å². The Morgan fingerprint density at radius 2 is 1.67 bits per heavy atom. The molecule has 33 heavy (non-hydrogen) atoms. The van der Waals surface area contributed by atoms with E-state index >= 15 is 0 Å². The number of hydrogen-bond donors (Lipinski definition) is 1. The van der Waals surface area contributed by atoms with Crippen LogP contribution in [0.15, 0.2) is 65.6 Å². The Morgan fingerprint density at radius 1 is 0.939 bits per heavy atom. The molecule has 0 saturated carbocycles. The molecule has 9 heteroatoms. The van der Waals surface area contributed by atoms with Gasteiger partial charge in [0.15, 0.2) is 0 Å². The first-order valence-corrected chi connectivity index (χ1v) is 12.1. The molecule has 3 aromatic carbocycles. The average Bonchev–Trinajstić information content (AvgIpc) is 2.82. The average molecular weight is 468 g/mol. The molecule has 0 radical (unpaired) electrons. The second-order valence-corrected chi connectivity index (χ2v) is 10.2. The van der Waals surface area contributed by atoms with Crippen LogP contribution in [0, 0.1) is 5.82 Å². The summed E-state index contributed by atoms with van der Waals surface area (Å²) in [5, 5.41) is 4.42. The number of fused-ring (bicyclic) bond motifs is 2. The van der Waals surface area contributed by atoms with E-state index in [1.807, 2.05) is 24.3 Å². The molecule has 1 atom stereocenters. The number of benzene rings is 3. The highest BCUT2D eigenvalue weighted by Gasteiger charge is 2.36. The molecule has 7 nitrogen and oxygen atoms in total. The fraction of sp³-hybridized carbons (Fsp3) is 0.250. The van der Waals surface area contributed by atoms with Crippen LogP contribution in [0.5, 0.6) is 0 Å². The molecular weight excluding hydrogens is 445 g/mol. The van der Waals surface area contributed by atoms with Gasteiger partial charge in [0.25, 0.3) is 0 Å². The van der Waals surface area contributed by atoms with Crippen molar-refractivity contribution < 1.29 is 22.4 Å². The topological polar surface area (TPSA) is 86.8 Å². The van der Waals surface area contributed by atoms with Crippen LogP contribution in [0.2, 0.25) is 0 Å². The smallest absolute Gasteiger partial charge is 0.243 e. The number of amides is 2. The van der Waals surface area contributed by atoms with Crippen molar-refractivity contribution >= 4 is 38.3 Å². The number of carbonyl (C=O) groups is 2. The number of anilines is 1. The lowest BCUT2D eigenvalue weighted by Crippen LogP contribution is -2.52. The summed E-state index contributed by atoms with van der Waals surface area (Å²) in [5.41, 5.74) is 0.884. The Balaban J connectivity index is 1.32. The van der Waals surface area contributed by atoms with E-state index in [1.165, 1.54) is 22.5 Å². The lowest BCUT2D eigenvalue weighted by atomic mass is 9.89. The van der Waals surface area contributed by atoms with E-state index in [4.69, 9.17) is 0 Å². The summed E-state index contributed by atoms with van der Waals surface area (Å²) in [6.07, 6.45) is -0.0208. The van der Waals surface area contributed by atoms with Gasteiger partial charge in [0.1, 0.15) is 5.82 Å². The van der Waals surface area contributed by atoms with Gasteiger partial charge in [0.05, 0.1) is 10.8 Å². The molecule has 5 rings (SSSR count). The highest BCUT2D eigenvalue weighted by molar-refractivity contribution is 7.89. The first-order valence-electron chi connectivity index (χ1n) is 10.7. The molecule has 1 N–H and O–H groups in total. The van der Waals surface area contributed by atoms with Crippen LogP contribution in [0.4, 0.5) is 10.1 Å².